The summed E-state index contributed by atoms with van der Waals surface area (Å²) in [7, 11) is 0. The monoisotopic (exact) mass is 497 g/mol. The number of benzene rings is 7. The van der Waals surface area contributed by atoms with Crippen LogP contribution in [0.3, 0.4) is 0 Å². The van der Waals surface area contributed by atoms with Gasteiger partial charge in [0.2, 0.25) is 0 Å². The van der Waals surface area contributed by atoms with Crippen molar-refractivity contribution in [2.45, 2.75) is 0 Å². The number of rotatable bonds is 1. The van der Waals surface area contributed by atoms with Crippen LogP contribution in [-0.2, 0) is 0 Å². The van der Waals surface area contributed by atoms with Crippen LogP contribution in [-0.4, -0.2) is 4.40 Å². The number of para-hydroxylation sites is 2. The number of hydrogen-bond donors (Lipinski definition) is 0. The largest absolute Gasteiger partial charge is 0.308 e. The fourth-order valence-corrected chi connectivity index (χ4v) is 8.31. The maximum atomic E-state index is 2.45. The van der Waals surface area contributed by atoms with Crippen LogP contribution in [0.25, 0.3) is 90.9 Å². The molecule has 0 amide bonds. The molecule has 0 atom stereocenters. The Bertz CT molecular complexity index is 2560. The van der Waals surface area contributed by atoms with Crippen molar-refractivity contribution in [1.29, 1.82) is 0 Å². The van der Waals surface area contributed by atoms with Crippen molar-refractivity contribution in [2.24, 2.45) is 0 Å². The molecule has 10 rings (SSSR count). The minimum atomic E-state index is 1.27. The second-order valence-electron chi connectivity index (χ2n) is 10.5. The quantitative estimate of drug-likeness (QED) is 0.199. The lowest BCUT2D eigenvalue weighted by Crippen LogP contribution is -1.85. The highest BCUT2D eigenvalue weighted by Crippen LogP contribution is 2.47. The summed E-state index contributed by atoms with van der Waals surface area (Å²) in [5.74, 6) is 0. The molecular weight excluding hydrogens is 478 g/mol. The van der Waals surface area contributed by atoms with Gasteiger partial charge in [0, 0.05) is 41.7 Å². The standard InChI is InChI=1S/C36H19NS/c1-2-8-23-22(7-1)25-10-6-14-32-34(25)35-29(23)18-21(19-33(35)38-32)20-15-16-31-28(17-20)27-12-5-11-26-24-9-3-4-13-30(24)37(31)36(26)27/h1-19H. The normalized spacial score (nSPS) is 12.7. The third-order valence-electron chi connectivity index (χ3n) is 8.66. The second-order valence-corrected chi connectivity index (χ2v) is 11.6. The molecule has 0 N–H and O–H groups in total. The number of hydrogen-bond acceptors (Lipinski definition) is 1. The van der Waals surface area contributed by atoms with Crippen LogP contribution < -0.4 is 0 Å². The Morgan fingerprint density at radius 3 is 1.92 bits per heavy atom. The summed E-state index contributed by atoms with van der Waals surface area (Å²) in [5.41, 5.74) is 6.45. The third kappa shape index (κ3) is 2.21. The first kappa shape index (κ1) is 19.5. The predicted octanol–water partition coefficient (Wildman–Crippen LogP) is 10.6. The van der Waals surface area contributed by atoms with Crippen molar-refractivity contribution >= 4 is 91.1 Å². The number of aromatic nitrogens is 1. The van der Waals surface area contributed by atoms with Gasteiger partial charge >= 0.3 is 0 Å². The van der Waals surface area contributed by atoms with Crippen LogP contribution in [0.4, 0.5) is 0 Å². The Hall–Kier alpha value is -4.66. The van der Waals surface area contributed by atoms with Crippen LogP contribution in [0.15, 0.2) is 115 Å². The molecule has 3 heterocycles. The summed E-state index contributed by atoms with van der Waals surface area (Å²) in [5, 5.41) is 13.5. The molecule has 0 bridgehead atoms. The van der Waals surface area contributed by atoms with Crippen molar-refractivity contribution in [3.8, 4) is 11.1 Å². The SMILES string of the molecule is c1ccc2c(c1)c1cccc3sc4cc(-c5ccc6c(c5)c5cccc7c8ccccc8n6c75)cc2c4c31. The van der Waals surface area contributed by atoms with E-state index in [1.165, 1.54) is 90.9 Å². The molecule has 7 aromatic carbocycles. The molecule has 0 aliphatic carbocycles. The first-order chi connectivity index (χ1) is 18.8. The van der Waals surface area contributed by atoms with E-state index >= 15 is 0 Å². The molecule has 0 unspecified atom stereocenters. The molecule has 0 fully saturated rings. The van der Waals surface area contributed by atoms with Gasteiger partial charge in [0.25, 0.3) is 0 Å². The highest BCUT2D eigenvalue weighted by Gasteiger charge is 2.19. The second kappa shape index (κ2) is 6.61. The summed E-state index contributed by atoms with van der Waals surface area (Å²) in [6.45, 7) is 0. The van der Waals surface area contributed by atoms with Crippen molar-refractivity contribution in [1.82, 2.24) is 4.40 Å². The molecular formula is C36H19NS. The Morgan fingerprint density at radius 1 is 0.395 bits per heavy atom. The van der Waals surface area contributed by atoms with Gasteiger partial charge in [-0.15, -0.1) is 11.3 Å². The van der Waals surface area contributed by atoms with E-state index in [0.29, 0.717) is 0 Å². The van der Waals surface area contributed by atoms with Gasteiger partial charge in [-0.25, -0.2) is 0 Å². The third-order valence-corrected chi connectivity index (χ3v) is 9.76. The number of nitrogens with zero attached hydrogens (tertiary/aromatic N) is 1. The van der Waals surface area contributed by atoms with E-state index in [0.717, 1.165) is 0 Å². The van der Waals surface area contributed by atoms with Gasteiger partial charge in [0.05, 0.1) is 16.6 Å². The first-order valence-corrected chi connectivity index (χ1v) is 13.9. The van der Waals surface area contributed by atoms with Gasteiger partial charge in [-0.05, 0) is 69.1 Å². The van der Waals surface area contributed by atoms with Crippen LogP contribution in [0, 0.1) is 0 Å². The zero-order chi connectivity index (χ0) is 24.5. The summed E-state index contributed by atoms with van der Waals surface area (Å²) >= 11 is 1.92. The first-order valence-electron chi connectivity index (χ1n) is 13.1. The van der Waals surface area contributed by atoms with E-state index < -0.39 is 0 Å². The Balaban J connectivity index is 1.33. The molecule has 3 aromatic heterocycles. The van der Waals surface area contributed by atoms with Crippen molar-refractivity contribution in [2.75, 3.05) is 0 Å². The average Bonchev–Trinajstić information content (AvgIpc) is 3.63. The Morgan fingerprint density at radius 2 is 1.03 bits per heavy atom. The molecule has 10 aromatic rings. The number of thiophene rings is 1. The maximum absolute atomic E-state index is 2.45. The average molecular weight is 498 g/mol. The summed E-state index contributed by atoms with van der Waals surface area (Å²) < 4.78 is 5.20. The Kier molecular flexibility index (Phi) is 3.38. The highest BCUT2D eigenvalue weighted by molar-refractivity contribution is 7.26. The predicted molar refractivity (Wildman–Crippen MR) is 166 cm³/mol. The zero-order valence-corrected chi connectivity index (χ0v) is 21.1. The van der Waals surface area contributed by atoms with Gasteiger partial charge in [-0.1, -0.05) is 78.9 Å². The minimum Gasteiger partial charge on any atom is -0.308 e. The van der Waals surface area contributed by atoms with Gasteiger partial charge < -0.3 is 4.40 Å². The maximum Gasteiger partial charge on any atom is 0.0620 e. The van der Waals surface area contributed by atoms with Gasteiger partial charge in [0.1, 0.15) is 0 Å². The fourth-order valence-electron chi connectivity index (χ4n) is 7.12. The minimum absolute atomic E-state index is 1.27. The molecule has 0 spiro atoms. The Labute approximate surface area is 221 Å². The van der Waals surface area contributed by atoms with Crippen molar-refractivity contribution in [3.63, 3.8) is 0 Å². The highest BCUT2D eigenvalue weighted by atomic mass is 32.1. The van der Waals surface area contributed by atoms with Crippen molar-refractivity contribution in [3.05, 3.63) is 115 Å². The molecule has 0 aliphatic rings. The molecule has 0 radical (unpaired) electrons. The molecule has 0 saturated heterocycles. The van der Waals surface area contributed by atoms with Crippen LogP contribution >= 0.6 is 11.3 Å². The van der Waals surface area contributed by atoms with Crippen LogP contribution in [0.2, 0.25) is 0 Å². The van der Waals surface area contributed by atoms with E-state index in [1.54, 1.807) is 0 Å². The topological polar surface area (TPSA) is 4.41 Å². The van der Waals surface area contributed by atoms with Crippen molar-refractivity contribution < 1.29 is 0 Å². The molecule has 38 heavy (non-hydrogen) atoms. The zero-order valence-electron chi connectivity index (χ0n) is 20.3. The van der Waals surface area contributed by atoms with Gasteiger partial charge in [-0.3, -0.25) is 0 Å². The fraction of sp³-hybridized carbons (Fsp3) is 0. The lowest BCUT2D eigenvalue weighted by atomic mass is 9.92. The summed E-state index contributed by atoms with van der Waals surface area (Å²) in [6.07, 6.45) is 0. The summed E-state index contributed by atoms with van der Waals surface area (Å²) in [4.78, 5) is 0. The van der Waals surface area contributed by atoms with E-state index in [-0.39, 0.29) is 0 Å². The smallest absolute Gasteiger partial charge is 0.0620 e. The van der Waals surface area contributed by atoms with E-state index in [4.69, 9.17) is 0 Å². The lowest BCUT2D eigenvalue weighted by Gasteiger charge is -2.11. The van der Waals surface area contributed by atoms with Crippen LogP contribution in [0.1, 0.15) is 0 Å². The number of fused-ring (bicyclic) bond motifs is 9. The molecule has 2 heteroatoms. The lowest BCUT2D eigenvalue weighted by molar-refractivity contribution is 1.37. The van der Waals surface area contributed by atoms with Gasteiger partial charge in [0.15, 0.2) is 0 Å². The van der Waals surface area contributed by atoms with E-state index in [9.17, 15) is 0 Å². The molecule has 0 saturated carbocycles. The van der Waals surface area contributed by atoms with Gasteiger partial charge in [-0.2, -0.15) is 0 Å². The molecule has 0 aliphatic heterocycles. The van der Waals surface area contributed by atoms with E-state index in [2.05, 4.69) is 120 Å². The molecule has 1 nitrogen and oxygen atoms in total. The van der Waals surface area contributed by atoms with E-state index in [1.807, 2.05) is 11.3 Å². The molecule has 174 valence electrons. The van der Waals surface area contributed by atoms with Crippen LogP contribution in [0.5, 0.6) is 0 Å². The summed E-state index contributed by atoms with van der Waals surface area (Å²) in [6, 6.07) is 43.1.